The quantitative estimate of drug-likeness (QED) is 0.687. The Morgan fingerprint density at radius 3 is 2.05 bits per heavy atom. The van der Waals surface area contributed by atoms with E-state index in [0.717, 1.165) is 0 Å². The van der Waals surface area contributed by atoms with Gasteiger partial charge >= 0.3 is 14.8 Å². The first-order chi connectivity index (χ1) is 8.93. The Labute approximate surface area is 111 Å². The van der Waals surface area contributed by atoms with Crippen LogP contribution in [0.25, 0.3) is 0 Å². The molecule has 0 fully saturated rings. The molecule has 0 radical (unpaired) electrons. The summed E-state index contributed by atoms with van der Waals surface area (Å²) in [5.74, 6) is -2.14. The molecular formula is C11H15NO6Si. The number of primary amides is 1. The molecule has 1 aromatic rings. The van der Waals surface area contributed by atoms with E-state index in [1.165, 1.54) is 39.5 Å². The van der Waals surface area contributed by atoms with Crippen LogP contribution in [0.5, 0.6) is 0 Å². The summed E-state index contributed by atoms with van der Waals surface area (Å²) in [5, 5.41) is 9.48. The fourth-order valence-electron chi connectivity index (χ4n) is 1.82. The summed E-state index contributed by atoms with van der Waals surface area (Å²) in [7, 11) is 0.680. The topological polar surface area (TPSA) is 108 Å². The Hall–Kier alpha value is -1.74. The molecule has 0 saturated heterocycles. The molecule has 3 N–H and O–H groups in total. The first kappa shape index (κ1) is 15.3. The first-order valence-corrected chi connectivity index (χ1v) is 6.98. The Morgan fingerprint density at radius 1 is 1.16 bits per heavy atom. The van der Waals surface area contributed by atoms with Crippen LogP contribution in [0.1, 0.15) is 20.7 Å². The number of carboxylic acids is 1. The van der Waals surface area contributed by atoms with Crippen LogP contribution in [0.4, 0.5) is 0 Å². The highest BCUT2D eigenvalue weighted by Crippen LogP contribution is 2.14. The number of nitrogens with two attached hydrogens (primary N) is 1. The van der Waals surface area contributed by atoms with E-state index in [9.17, 15) is 14.7 Å². The van der Waals surface area contributed by atoms with Crippen LogP contribution in [-0.4, -0.2) is 47.1 Å². The lowest BCUT2D eigenvalue weighted by Gasteiger charge is -2.26. The summed E-state index contributed by atoms with van der Waals surface area (Å²) in [4.78, 5) is 22.7. The summed E-state index contributed by atoms with van der Waals surface area (Å²) in [6, 6.07) is 4.31. The maximum atomic E-state index is 11.4. The number of benzene rings is 1. The molecule has 0 aliphatic heterocycles. The molecule has 8 heteroatoms. The van der Waals surface area contributed by atoms with E-state index in [2.05, 4.69) is 0 Å². The van der Waals surface area contributed by atoms with Gasteiger partial charge in [0.05, 0.1) is 11.1 Å². The zero-order valence-electron chi connectivity index (χ0n) is 10.8. The maximum Gasteiger partial charge on any atom is 0.537 e. The number of rotatable bonds is 6. The van der Waals surface area contributed by atoms with Gasteiger partial charge in [0, 0.05) is 26.5 Å². The van der Waals surface area contributed by atoms with Crippen molar-refractivity contribution in [3.63, 3.8) is 0 Å². The zero-order valence-corrected chi connectivity index (χ0v) is 11.8. The predicted molar refractivity (Wildman–Crippen MR) is 68.3 cm³/mol. The average molecular weight is 285 g/mol. The number of carboxylic acid groups (broad SMARTS) is 1. The van der Waals surface area contributed by atoms with E-state index < -0.39 is 20.7 Å². The van der Waals surface area contributed by atoms with Crippen molar-refractivity contribution in [1.29, 1.82) is 0 Å². The number of hydrogen-bond donors (Lipinski definition) is 2. The molecule has 0 aliphatic rings. The molecule has 19 heavy (non-hydrogen) atoms. The third kappa shape index (κ3) is 2.66. The fraction of sp³-hybridized carbons (Fsp3) is 0.273. The summed E-state index contributed by atoms with van der Waals surface area (Å²) in [5.41, 5.74) is 4.80. The smallest absolute Gasteiger partial charge is 0.478 e. The Morgan fingerprint density at radius 2 is 1.68 bits per heavy atom. The van der Waals surface area contributed by atoms with Gasteiger partial charge in [-0.05, 0) is 6.07 Å². The molecule has 104 valence electrons. The van der Waals surface area contributed by atoms with Gasteiger partial charge in [0.15, 0.2) is 0 Å². The van der Waals surface area contributed by atoms with Gasteiger partial charge < -0.3 is 24.1 Å². The van der Waals surface area contributed by atoms with Crippen LogP contribution < -0.4 is 10.9 Å². The van der Waals surface area contributed by atoms with E-state index >= 15 is 0 Å². The van der Waals surface area contributed by atoms with Gasteiger partial charge in [0.2, 0.25) is 5.91 Å². The first-order valence-electron chi connectivity index (χ1n) is 5.25. The van der Waals surface area contributed by atoms with Crippen LogP contribution in [0, 0.1) is 0 Å². The average Bonchev–Trinajstić information content (AvgIpc) is 2.40. The number of hydrogen-bond acceptors (Lipinski definition) is 5. The van der Waals surface area contributed by atoms with E-state index in [1.807, 2.05) is 0 Å². The molecule has 1 amide bonds. The number of carbonyl (C=O) groups excluding carboxylic acids is 1. The van der Waals surface area contributed by atoms with Crippen molar-refractivity contribution in [2.45, 2.75) is 0 Å². The number of carbonyl (C=O) groups is 2. The lowest BCUT2D eigenvalue weighted by Crippen LogP contribution is -2.57. The predicted octanol–water partition coefficient (Wildman–Crippen LogP) is -0.431. The highest BCUT2D eigenvalue weighted by Gasteiger charge is 2.45. The molecule has 0 aromatic heterocycles. The molecule has 0 bridgehead atoms. The molecule has 0 saturated carbocycles. The second kappa shape index (κ2) is 5.93. The van der Waals surface area contributed by atoms with Gasteiger partial charge in [-0.15, -0.1) is 0 Å². The second-order valence-electron chi connectivity index (χ2n) is 3.57. The van der Waals surface area contributed by atoms with Crippen LogP contribution in [-0.2, 0) is 13.3 Å². The van der Waals surface area contributed by atoms with Gasteiger partial charge in [-0.25, -0.2) is 4.79 Å². The summed E-state index contributed by atoms with van der Waals surface area (Å²) in [6.07, 6.45) is 0. The van der Waals surface area contributed by atoms with Crippen LogP contribution in [0.2, 0.25) is 0 Å². The SMILES string of the molecule is CO[Si](OC)(OC)c1cccc(C(N)=O)c1C(=O)O. The third-order valence-corrected chi connectivity index (χ3v) is 5.37. The largest absolute Gasteiger partial charge is 0.537 e. The van der Waals surface area contributed by atoms with Gasteiger partial charge in [0.1, 0.15) is 0 Å². The number of amides is 1. The zero-order chi connectivity index (χ0) is 14.6. The van der Waals surface area contributed by atoms with E-state index in [4.69, 9.17) is 19.0 Å². The minimum atomic E-state index is -3.37. The molecule has 0 spiro atoms. The second-order valence-corrected chi connectivity index (χ2v) is 6.44. The Bertz CT molecular complexity index is 492. The Kier molecular flexibility index (Phi) is 4.78. The minimum absolute atomic E-state index is 0.118. The molecule has 0 aliphatic carbocycles. The molecule has 0 unspecified atom stereocenters. The summed E-state index contributed by atoms with van der Waals surface area (Å²) < 4.78 is 15.7. The normalized spacial score (nSPS) is 11.3. The molecule has 0 atom stereocenters. The highest BCUT2D eigenvalue weighted by molar-refractivity contribution is 6.76. The van der Waals surface area contributed by atoms with E-state index in [0.29, 0.717) is 0 Å². The highest BCUT2D eigenvalue weighted by atomic mass is 28.4. The van der Waals surface area contributed by atoms with Crippen molar-refractivity contribution in [3.8, 4) is 0 Å². The number of aromatic carboxylic acids is 1. The minimum Gasteiger partial charge on any atom is -0.478 e. The third-order valence-electron chi connectivity index (χ3n) is 2.68. The van der Waals surface area contributed by atoms with Gasteiger partial charge in [-0.3, -0.25) is 4.79 Å². The lowest BCUT2D eigenvalue weighted by atomic mass is 10.1. The van der Waals surface area contributed by atoms with Crippen molar-refractivity contribution in [2.75, 3.05) is 21.3 Å². The van der Waals surface area contributed by atoms with Crippen LogP contribution in [0.3, 0.4) is 0 Å². The molecule has 0 heterocycles. The van der Waals surface area contributed by atoms with E-state index in [1.54, 1.807) is 0 Å². The summed E-state index contributed by atoms with van der Waals surface area (Å²) in [6.45, 7) is 0. The molecular weight excluding hydrogens is 270 g/mol. The van der Waals surface area contributed by atoms with Gasteiger partial charge in [0.25, 0.3) is 0 Å². The summed E-state index contributed by atoms with van der Waals surface area (Å²) >= 11 is 0. The molecule has 7 nitrogen and oxygen atoms in total. The van der Waals surface area contributed by atoms with Crippen molar-refractivity contribution in [3.05, 3.63) is 29.3 Å². The van der Waals surface area contributed by atoms with E-state index in [-0.39, 0.29) is 16.3 Å². The Balaban J connectivity index is 3.64. The van der Waals surface area contributed by atoms with Crippen molar-refractivity contribution in [1.82, 2.24) is 0 Å². The molecule has 1 aromatic carbocycles. The van der Waals surface area contributed by atoms with Gasteiger partial charge in [-0.1, -0.05) is 12.1 Å². The van der Waals surface area contributed by atoms with Crippen molar-refractivity contribution >= 4 is 25.9 Å². The van der Waals surface area contributed by atoms with Crippen molar-refractivity contribution in [2.24, 2.45) is 5.73 Å². The van der Waals surface area contributed by atoms with Gasteiger partial charge in [-0.2, -0.15) is 0 Å². The standard InChI is InChI=1S/C11H15NO6Si/c1-16-19(17-2,18-3)8-6-4-5-7(10(12)13)9(8)11(14)15/h4-6H,1-3H3,(H2,12,13)(H,14,15). The maximum absolute atomic E-state index is 11.4. The monoisotopic (exact) mass is 285 g/mol. The van der Waals surface area contributed by atoms with Crippen LogP contribution >= 0.6 is 0 Å². The molecule has 1 rings (SSSR count). The lowest BCUT2D eigenvalue weighted by molar-refractivity contribution is 0.0690. The van der Waals surface area contributed by atoms with Crippen molar-refractivity contribution < 1.29 is 28.0 Å². The van der Waals surface area contributed by atoms with Crippen LogP contribution in [0.15, 0.2) is 18.2 Å². The fourth-order valence-corrected chi connectivity index (χ4v) is 3.83.